The molecule has 1 atom stereocenters. The molecule has 23 heavy (non-hydrogen) atoms. The fraction of sp³-hybridized carbons (Fsp3) is 0.294. The van der Waals surface area contributed by atoms with Crippen molar-refractivity contribution in [3.05, 3.63) is 54.0 Å². The Bertz CT molecular complexity index is 840. The number of nitrogens with one attached hydrogen (secondary N) is 2. The van der Waals surface area contributed by atoms with Crippen LogP contribution in [0.4, 0.5) is 4.39 Å². The number of amides is 1. The Morgan fingerprint density at radius 1 is 1.39 bits per heavy atom. The fourth-order valence-corrected chi connectivity index (χ4v) is 3.38. The summed E-state index contributed by atoms with van der Waals surface area (Å²) in [5.41, 5.74) is 1.62. The summed E-state index contributed by atoms with van der Waals surface area (Å²) in [6.45, 7) is 0.751. The number of carbonyl (C=O) groups is 1. The van der Waals surface area contributed by atoms with E-state index in [0.717, 1.165) is 41.7 Å². The van der Waals surface area contributed by atoms with Crippen LogP contribution in [0.1, 0.15) is 30.3 Å². The molecular formula is C17H17FN4O. The van der Waals surface area contributed by atoms with Gasteiger partial charge in [0, 0.05) is 36.0 Å². The van der Waals surface area contributed by atoms with E-state index >= 15 is 0 Å². The summed E-state index contributed by atoms with van der Waals surface area (Å²) in [5.74, 6) is 0.639. The molecule has 4 rings (SSSR count). The zero-order valence-electron chi connectivity index (χ0n) is 12.6. The summed E-state index contributed by atoms with van der Waals surface area (Å²) >= 11 is 0. The molecular weight excluding hydrogens is 295 g/mol. The van der Waals surface area contributed by atoms with Crippen molar-refractivity contribution in [1.29, 1.82) is 0 Å². The molecule has 1 amide bonds. The topological polar surface area (TPSA) is 64.8 Å². The molecule has 0 bridgehead atoms. The van der Waals surface area contributed by atoms with Gasteiger partial charge >= 0.3 is 0 Å². The second-order valence-electron chi connectivity index (χ2n) is 5.90. The Morgan fingerprint density at radius 2 is 2.30 bits per heavy atom. The van der Waals surface area contributed by atoms with Crippen LogP contribution >= 0.6 is 0 Å². The number of hydrogen-bond acceptors (Lipinski definition) is 2. The number of fused-ring (bicyclic) bond motifs is 1. The number of imidazole rings is 1. The standard InChI is InChI=1S/C17H17FN4O/c18-12-3-4-13-11(10-21-14(13)9-12)8-16(23)22-7-1-2-15(22)17-19-5-6-20-17/h3-6,9-10,15,21H,1-2,7-8H2,(H,19,20)/t15-/m1/s1. The van der Waals surface area contributed by atoms with E-state index in [9.17, 15) is 9.18 Å². The number of hydrogen-bond donors (Lipinski definition) is 2. The number of carbonyl (C=O) groups excluding carboxylic acids is 1. The minimum atomic E-state index is -0.283. The zero-order valence-corrected chi connectivity index (χ0v) is 12.6. The SMILES string of the molecule is O=C(Cc1c[nH]c2cc(F)ccc12)N1CCC[C@@H]1c1ncc[nH]1. The van der Waals surface area contributed by atoms with E-state index in [-0.39, 0.29) is 17.8 Å². The van der Waals surface area contributed by atoms with E-state index in [2.05, 4.69) is 15.0 Å². The molecule has 3 aromatic rings. The Labute approximate surface area is 132 Å². The molecule has 0 spiro atoms. The molecule has 1 fully saturated rings. The third-order valence-electron chi connectivity index (χ3n) is 4.48. The summed E-state index contributed by atoms with van der Waals surface area (Å²) < 4.78 is 13.3. The van der Waals surface area contributed by atoms with Crippen molar-refractivity contribution in [2.75, 3.05) is 6.54 Å². The zero-order chi connectivity index (χ0) is 15.8. The number of likely N-dealkylation sites (tertiary alicyclic amines) is 1. The van der Waals surface area contributed by atoms with Gasteiger partial charge < -0.3 is 14.9 Å². The summed E-state index contributed by atoms with van der Waals surface area (Å²) in [5, 5.41) is 0.897. The van der Waals surface area contributed by atoms with Gasteiger partial charge in [0.05, 0.1) is 12.5 Å². The molecule has 118 valence electrons. The van der Waals surface area contributed by atoms with Gasteiger partial charge in [-0.05, 0) is 36.6 Å². The van der Waals surface area contributed by atoms with Crippen molar-refractivity contribution in [1.82, 2.24) is 19.9 Å². The quantitative estimate of drug-likeness (QED) is 0.781. The number of aromatic nitrogens is 3. The minimum absolute atomic E-state index is 0.0279. The molecule has 1 aliphatic rings. The molecule has 5 nitrogen and oxygen atoms in total. The summed E-state index contributed by atoms with van der Waals surface area (Å²) in [4.78, 5) is 25.0. The lowest BCUT2D eigenvalue weighted by atomic mass is 10.1. The van der Waals surface area contributed by atoms with E-state index in [1.54, 1.807) is 24.7 Å². The van der Waals surface area contributed by atoms with Gasteiger partial charge in [-0.3, -0.25) is 4.79 Å². The molecule has 2 aromatic heterocycles. The Hall–Kier alpha value is -2.63. The van der Waals surface area contributed by atoms with Crippen LogP contribution in [0.3, 0.4) is 0 Å². The number of halogens is 1. The van der Waals surface area contributed by atoms with Gasteiger partial charge in [0.15, 0.2) is 0 Å². The largest absolute Gasteiger partial charge is 0.361 e. The van der Waals surface area contributed by atoms with Crippen molar-refractivity contribution in [2.24, 2.45) is 0 Å². The second-order valence-corrected chi connectivity index (χ2v) is 5.90. The number of aromatic amines is 2. The van der Waals surface area contributed by atoms with Gasteiger partial charge in [-0.2, -0.15) is 0 Å². The van der Waals surface area contributed by atoms with Crippen LogP contribution in [0.5, 0.6) is 0 Å². The Balaban J connectivity index is 1.57. The van der Waals surface area contributed by atoms with Crippen molar-refractivity contribution >= 4 is 16.8 Å². The van der Waals surface area contributed by atoms with Crippen LogP contribution in [0.2, 0.25) is 0 Å². The average Bonchev–Trinajstić information content (AvgIpc) is 3.27. The normalized spacial score (nSPS) is 18.0. The van der Waals surface area contributed by atoms with E-state index < -0.39 is 0 Å². The highest BCUT2D eigenvalue weighted by atomic mass is 19.1. The molecule has 0 aliphatic carbocycles. The van der Waals surface area contributed by atoms with Crippen molar-refractivity contribution in [3.8, 4) is 0 Å². The van der Waals surface area contributed by atoms with Gasteiger partial charge in [0.2, 0.25) is 5.91 Å². The third-order valence-corrected chi connectivity index (χ3v) is 4.48. The van der Waals surface area contributed by atoms with Crippen LogP contribution in [0, 0.1) is 5.82 Å². The predicted molar refractivity (Wildman–Crippen MR) is 84.2 cm³/mol. The van der Waals surface area contributed by atoms with Crippen molar-refractivity contribution in [3.63, 3.8) is 0 Å². The summed E-state index contributed by atoms with van der Waals surface area (Å²) in [6, 6.07) is 4.62. The predicted octanol–water partition coefficient (Wildman–Crippen LogP) is 2.94. The lowest BCUT2D eigenvalue weighted by molar-refractivity contribution is -0.131. The maximum absolute atomic E-state index is 13.3. The molecule has 6 heteroatoms. The maximum Gasteiger partial charge on any atom is 0.227 e. The number of rotatable bonds is 3. The first-order valence-electron chi connectivity index (χ1n) is 7.76. The van der Waals surface area contributed by atoms with E-state index in [0.29, 0.717) is 6.42 Å². The molecule has 1 saturated heterocycles. The lowest BCUT2D eigenvalue weighted by Crippen LogP contribution is -2.32. The molecule has 0 saturated carbocycles. The van der Waals surface area contributed by atoms with Gasteiger partial charge in [-0.15, -0.1) is 0 Å². The summed E-state index contributed by atoms with van der Waals surface area (Å²) in [6.07, 6.45) is 7.51. The smallest absolute Gasteiger partial charge is 0.227 e. The van der Waals surface area contributed by atoms with E-state index in [1.165, 1.54) is 12.1 Å². The van der Waals surface area contributed by atoms with Crippen molar-refractivity contribution < 1.29 is 9.18 Å². The average molecular weight is 312 g/mol. The molecule has 3 heterocycles. The van der Waals surface area contributed by atoms with Crippen LogP contribution in [-0.2, 0) is 11.2 Å². The van der Waals surface area contributed by atoms with E-state index in [1.807, 2.05) is 4.90 Å². The molecule has 0 unspecified atom stereocenters. The molecule has 2 N–H and O–H groups in total. The number of H-pyrrole nitrogens is 2. The first-order chi connectivity index (χ1) is 11.2. The van der Waals surface area contributed by atoms with Crippen LogP contribution in [0.25, 0.3) is 10.9 Å². The van der Waals surface area contributed by atoms with Gasteiger partial charge in [-0.25, -0.2) is 9.37 Å². The van der Waals surface area contributed by atoms with Gasteiger partial charge in [0.25, 0.3) is 0 Å². The highest BCUT2D eigenvalue weighted by Gasteiger charge is 2.31. The van der Waals surface area contributed by atoms with E-state index in [4.69, 9.17) is 0 Å². The Morgan fingerprint density at radius 3 is 3.13 bits per heavy atom. The second kappa shape index (κ2) is 5.53. The first-order valence-corrected chi connectivity index (χ1v) is 7.76. The first kappa shape index (κ1) is 14.0. The summed E-state index contributed by atoms with van der Waals surface area (Å²) in [7, 11) is 0. The Kier molecular flexibility index (Phi) is 3.37. The van der Waals surface area contributed by atoms with Gasteiger partial charge in [0.1, 0.15) is 11.6 Å². The van der Waals surface area contributed by atoms with Crippen LogP contribution in [0.15, 0.2) is 36.8 Å². The molecule has 1 aliphatic heterocycles. The third kappa shape index (κ3) is 2.50. The number of benzene rings is 1. The fourth-order valence-electron chi connectivity index (χ4n) is 3.38. The van der Waals surface area contributed by atoms with Crippen LogP contribution in [-0.4, -0.2) is 32.3 Å². The van der Waals surface area contributed by atoms with Gasteiger partial charge in [-0.1, -0.05) is 0 Å². The van der Waals surface area contributed by atoms with Crippen molar-refractivity contribution in [2.45, 2.75) is 25.3 Å². The monoisotopic (exact) mass is 312 g/mol. The highest BCUT2D eigenvalue weighted by Crippen LogP contribution is 2.31. The number of nitrogens with zero attached hydrogens (tertiary/aromatic N) is 2. The maximum atomic E-state index is 13.3. The highest BCUT2D eigenvalue weighted by molar-refractivity contribution is 5.89. The molecule has 1 aromatic carbocycles. The molecule has 0 radical (unpaired) electrons. The minimum Gasteiger partial charge on any atom is -0.361 e. The lowest BCUT2D eigenvalue weighted by Gasteiger charge is -2.23. The van der Waals surface area contributed by atoms with Crippen LogP contribution < -0.4 is 0 Å².